The maximum atomic E-state index is 12.3. The lowest BCUT2D eigenvalue weighted by molar-refractivity contribution is -0.116. The molecule has 0 spiro atoms. The number of methoxy groups -OCH3 is 1. The molecule has 5 nitrogen and oxygen atoms in total. The van der Waals surface area contributed by atoms with Crippen molar-refractivity contribution in [1.82, 2.24) is 5.32 Å². The fraction of sp³-hybridized carbons (Fsp3) is 0.250. The Bertz CT molecular complexity index is 767. The van der Waals surface area contributed by atoms with Gasteiger partial charge in [-0.1, -0.05) is 24.3 Å². The number of anilines is 1. The smallest absolute Gasteiger partial charge is 0.387 e. The fourth-order valence-electron chi connectivity index (χ4n) is 2.37. The van der Waals surface area contributed by atoms with Gasteiger partial charge in [-0.2, -0.15) is 8.78 Å². The molecule has 0 unspecified atom stereocenters. The van der Waals surface area contributed by atoms with E-state index in [1.54, 1.807) is 12.1 Å². The monoisotopic (exact) mass is 376 g/mol. The van der Waals surface area contributed by atoms with Crippen LogP contribution in [-0.4, -0.2) is 39.8 Å². The van der Waals surface area contributed by atoms with E-state index >= 15 is 0 Å². The second-order valence-electron chi connectivity index (χ2n) is 5.67. The Kier molecular flexibility index (Phi) is 7.61. The number of hydrogen-bond donors (Lipinski definition) is 1. The van der Waals surface area contributed by atoms with Gasteiger partial charge in [0.2, 0.25) is 5.91 Å². The molecule has 2 rings (SSSR count). The molecule has 0 aromatic heterocycles. The largest absolute Gasteiger partial charge is 0.493 e. The van der Waals surface area contributed by atoms with E-state index in [9.17, 15) is 13.6 Å². The number of rotatable bonds is 9. The van der Waals surface area contributed by atoms with Gasteiger partial charge in [0.1, 0.15) is 0 Å². The lowest BCUT2D eigenvalue weighted by Crippen LogP contribution is -2.31. The van der Waals surface area contributed by atoms with Gasteiger partial charge in [0.25, 0.3) is 0 Å². The summed E-state index contributed by atoms with van der Waals surface area (Å²) < 4.78 is 34.0. The topological polar surface area (TPSA) is 50.8 Å². The van der Waals surface area contributed by atoms with Gasteiger partial charge in [-0.05, 0) is 35.9 Å². The van der Waals surface area contributed by atoms with Crippen LogP contribution >= 0.6 is 0 Å². The predicted octanol–water partition coefficient (Wildman–Crippen LogP) is 3.56. The number of nitrogens with zero attached hydrogens (tertiary/aromatic N) is 1. The van der Waals surface area contributed by atoms with E-state index in [1.165, 1.54) is 25.3 Å². The molecular formula is C20H22F2N2O3. The zero-order valence-electron chi connectivity index (χ0n) is 15.2. The summed E-state index contributed by atoms with van der Waals surface area (Å²) in [6.45, 7) is -1.78. The maximum Gasteiger partial charge on any atom is 0.387 e. The van der Waals surface area contributed by atoms with Crippen LogP contribution in [0.1, 0.15) is 5.56 Å². The molecule has 0 atom stereocenters. The summed E-state index contributed by atoms with van der Waals surface area (Å²) in [6.07, 6.45) is 2.95. The van der Waals surface area contributed by atoms with Crippen LogP contribution in [0.4, 0.5) is 14.5 Å². The van der Waals surface area contributed by atoms with Crippen LogP contribution in [0.5, 0.6) is 11.5 Å². The molecular weight excluding hydrogens is 354 g/mol. The lowest BCUT2D eigenvalue weighted by atomic mass is 10.2. The number of likely N-dealkylation sites (N-methyl/N-ethyl adjacent to an activating group) is 1. The van der Waals surface area contributed by atoms with Crippen LogP contribution in [-0.2, 0) is 4.79 Å². The Labute approximate surface area is 157 Å². The van der Waals surface area contributed by atoms with Crippen molar-refractivity contribution < 1.29 is 23.0 Å². The van der Waals surface area contributed by atoms with Crippen molar-refractivity contribution in [3.05, 3.63) is 60.2 Å². The number of benzene rings is 2. The van der Waals surface area contributed by atoms with Crippen molar-refractivity contribution in [2.45, 2.75) is 6.61 Å². The van der Waals surface area contributed by atoms with E-state index in [4.69, 9.17) is 4.74 Å². The number of halogens is 2. The minimum atomic E-state index is -2.93. The second-order valence-corrected chi connectivity index (χ2v) is 5.67. The van der Waals surface area contributed by atoms with E-state index in [0.29, 0.717) is 18.7 Å². The molecule has 0 aliphatic heterocycles. The number of hydrogen-bond acceptors (Lipinski definition) is 4. The van der Waals surface area contributed by atoms with Crippen LogP contribution in [0.15, 0.2) is 54.6 Å². The number of ether oxygens (including phenoxy) is 2. The molecule has 1 N–H and O–H groups in total. The third kappa shape index (κ3) is 6.62. The average molecular weight is 376 g/mol. The van der Waals surface area contributed by atoms with Crippen molar-refractivity contribution in [3.63, 3.8) is 0 Å². The summed E-state index contributed by atoms with van der Waals surface area (Å²) in [5.74, 6) is -0.135. The summed E-state index contributed by atoms with van der Waals surface area (Å²) in [4.78, 5) is 14.0. The first-order valence-corrected chi connectivity index (χ1v) is 8.34. The summed E-state index contributed by atoms with van der Waals surface area (Å²) in [7, 11) is 3.31. The standard InChI is InChI=1S/C20H22F2N2O3/c1-24(16-6-4-3-5-7-16)13-12-23-19(25)11-9-15-8-10-17(27-20(21)22)18(14-15)26-2/h3-11,14,20H,12-13H2,1-2H3,(H,23,25)/b11-9+. The molecule has 0 saturated carbocycles. The first-order chi connectivity index (χ1) is 13.0. The van der Waals surface area contributed by atoms with Gasteiger partial charge in [0.05, 0.1) is 7.11 Å². The summed E-state index contributed by atoms with van der Waals surface area (Å²) >= 11 is 0. The van der Waals surface area contributed by atoms with Gasteiger partial charge in [-0.3, -0.25) is 4.79 Å². The van der Waals surface area contributed by atoms with Gasteiger partial charge < -0.3 is 19.7 Å². The molecule has 0 aliphatic carbocycles. The first-order valence-electron chi connectivity index (χ1n) is 8.34. The SMILES string of the molecule is COc1cc(/C=C/C(=O)NCCN(C)c2ccccc2)ccc1OC(F)F. The van der Waals surface area contributed by atoms with Crippen molar-refractivity contribution in [1.29, 1.82) is 0 Å². The van der Waals surface area contributed by atoms with E-state index in [1.807, 2.05) is 42.3 Å². The maximum absolute atomic E-state index is 12.3. The second kappa shape index (κ2) is 10.2. The average Bonchev–Trinajstić information content (AvgIpc) is 2.67. The Morgan fingerprint density at radius 1 is 1.19 bits per heavy atom. The molecule has 2 aromatic rings. The molecule has 2 aromatic carbocycles. The van der Waals surface area contributed by atoms with Crippen LogP contribution in [0, 0.1) is 0 Å². The quantitative estimate of drug-likeness (QED) is 0.680. The minimum absolute atomic E-state index is 0.0574. The third-order valence-corrected chi connectivity index (χ3v) is 3.77. The normalized spacial score (nSPS) is 10.9. The van der Waals surface area contributed by atoms with Crippen molar-refractivity contribution in [2.24, 2.45) is 0 Å². The Balaban J connectivity index is 1.85. The highest BCUT2D eigenvalue weighted by Crippen LogP contribution is 2.29. The molecule has 0 fully saturated rings. The van der Waals surface area contributed by atoms with Crippen molar-refractivity contribution >= 4 is 17.7 Å². The van der Waals surface area contributed by atoms with Crippen LogP contribution < -0.4 is 19.7 Å². The number of para-hydroxylation sites is 1. The van der Waals surface area contributed by atoms with E-state index in [0.717, 1.165) is 5.69 Å². The van der Waals surface area contributed by atoms with E-state index in [-0.39, 0.29) is 17.4 Å². The number of nitrogens with one attached hydrogen (secondary N) is 1. The highest BCUT2D eigenvalue weighted by atomic mass is 19.3. The van der Waals surface area contributed by atoms with E-state index in [2.05, 4.69) is 10.1 Å². The van der Waals surface area contributed by atoms with Gasteiger partial charge in [-0.15, -0.1) is 0 Å². The molecule has 7 heteroatoms. The van der Waals surface area contributed by atoms with Crippen LogP contribution in [0.25, 0.3) is 6.08 Å². The third-order valence-electron chi connectivity index (χ3n) is 3.77. The molecule has 1 amide bonds. The predicted molar refractivity (Wildman–Crippen MR) is 101 cm³/mol. The van der Waals surface area contributed by atoms with E-state index < -0.39 is 6.61 Å². The Hall–Kier alpha value is -3.09. The number of carbonyl (C=O) groups is 1. The van der Waals surface area contributed by atoms with Crippen molar-refractivity contribution in [2.75, 3.05) is 32.1 Å². The minimum Gasteiger partial charge on any atom is -0.493 e. The Morgan fingerprint density at radius 2 is 1.93 bits per heavy atom. The first kappa shape index (κ1) is 20.2. The summed E-state index contributed by atoms with van der Waals surface area (Å²) in [5, 5.41) is 2.80. The van der Waals surface area contributed by atoms with Gasteiger partial charge >= 0.3 is 6.61 Å². The molecule has 0 saturated heterocycles. The van der Waals surface area contributed by atoms with Crippen molar-refractivity contribution in [3.8, 4) is 11.5 Å². The summed E-state index contributed by atoms with van der Waals surface area (Å²) in [5.41, 5.74) is 1.70. The van der Waals surface area contributed by atoms with Gasteiger partial charge in [0, 0.05) is 31.9 Å². The lowest BCUT2D eigenvalue weighted by Gasteiger charge is -2.19. The molecule has 0 aliphatic rings. The summed E-state index contributed by atoms with van der Waals surface area (Å²) in [6, 6.07) is 14.3. The molecule has 0 bridgehead atoms. The highest BCUT2D eigenvalue weighted by molar-refractivity contribution is 5.91. The molecule has 144 valence electrons. The molecule has 0 radical (unpaired) electrons. The fourth-order valence-corrected chi connectivity index (χ4v) is 2.37. The zero-order valence-corrected chi connectivity index (χ0v) is 15.2. The Morgan fingerprint density at radius 3 is 2.59 bits per heavy atom. The number of carbonyl (C=O) groups excluding carboxylic acids is 1. The van der Waals surface area contributed by atoms with Gasteiger partial charge in [0.15, 0.2) is 11.5 Å². The highest BCUT2D eigenvalue weighted by Gasteiger charge is 2.10. The number of alkyl halides is 2. The zero-order chi connectivity index (χ0) is 19.6. The molecule has 0 heterocycles. The number of amides is 1. The van der Waals surface area contributed by atoms with Crippen LogP contribution in [0.3, 0.4) is 0 Å². The van der Waals surface area contributed by atoms with Gasteiger partial charge in [-0.25, -0.2) is 0 Å². The molecule has 27 heavy (non-hydrogen) atoms. The van der Waals surface area contributed by atoms with Crippen LogP contribution in [0.2, 0.25) is 0 Å².